The third kappa shape index (κ3) is 2.86. The number of carbonyl (C=O) groups excluding carboxylic acids is 2. The third-order valence-electron chi connectivity index (χ3n) is 3.01. The number of fused-ring (bicyclic) bond motifs is 1. The van der Waals surface area contributed by atoms with E-state index in [4.69, 9.17) is 9.47 Å². The molecule has 0 bridgehead atoms. The topological polar surface area (TPSA) is 64.6 Å². The Kier molecular flexibility index (Phi) is 4.04. The van der Waals surface area contributed by atoms with Gasteiger partial charge in [-0.25, -0.2) is 0 Å². The number of carbonyl (C=O) groups is 2. The van der Waals surface area contributed by atoms with Crippen LogP contribution in [0, 0.1) is 5.92 Å². The van der Waals surface area contributed by atoms with Gasteiger partial charge in [-0.15, -0.1) is 0 Å². The number of hydrogen-bond donors (Lipinski definition) is 1. The maximum Gasteiger partial charge on any atom is 0.323 e. The molecule has 1 aliphatic heterocycles. The lowest BCUT2D eigenvalue weighted by atomic mass is 9.94. The predicted molar refractivity (Wildman–Crippen MR) is 69.0 cm³/mol. The average molecular weight is 263 g/mol. The van der Waals surface area contributed by atoms with E-state index in [0.717, 1.165) is 12.0 Å². The molecule has 0 radical (unpaired) electrons. The van der Waals surface area contributed by atoms with E-state index in [9.17, 15) is 9.59 Å². The van der Waals surface area contributed by atoms with Gasteiger partial charge in [-0.2, -0.15) is 0 Å². The van der Waals surface area contributed by atoms with Gasteiger partial charge < -0.3 is 14.8 Å². The fourth-order valence-corrected chi connectivity index (χ4v) is 1.96. The van der Waals surface area contributed by atoms with Crippen LogP contribution in [-0.4, -0.2) is 31.6 Å². The van der Waals surface area contributed by atoms with Gasteiger partial charge in [-0.1, -0.05) is 19.1 Å². The van der Waals surface area contributed by atoms with E-state index in [2.05, 4.69) is 5.32 Å². The number of allylic oxidation sites excluding steroid dienone is 1. The Balaban J connectivity index is 2.15. The van der Waals surface area contributed by atoms with Gasteiger partial charge in [0.1, 0.15) is 11.9 Å². The zero-order valence-corrected chi connectivity index (χ0v) is 11.0. The first-order valence-corrected chi connectivity index (χ1v) is 6.29. The summed E-state index contributed by atoms with van der Waals surface area (Å²) in [4.78, 5) is 23.7. The van der Waals surface area contributed by atoms with Gasteiger partial charge in [-0.3, -0.25) is 9.59 Å². The summed E-state index contributed by atoms with van der Waals surface area (Å²) >= 11 is 0. The van der Waals surface area contributed by atoms with Crippen LogP contribution in [0.25, 0.3) is 0 Å². The molecule has 1 amide bonds. The largest absolute Gasteiger partial charge is 0.497 e. The van der Waals surface area contributed by atoms with Crippen molar-refractivity contribution < 1.29 is 19.1 Å². The van der Waals surface area contributed by atoms with Gasteiger partial charge in [0.2, 0.25) is 5.91 Å². The molecule has 0 fully saturated rings. The molecule has 5 nitrogen and oxygen atoms in total. The summed E-state index contributed by atoms with van der Waals surface area (Å²) < 4.78 is 10.3. The molecule has 0 saturated carbocycles. The third-order valence-corrected chi connectivity index (χ3v) is 3.01. The van der Waals surface area contributed by atoms with E-state index in [1.54, 1.807) is 31.4 Å². The number of methoxy groups -OCH3 is 1. The van der Waals surface area contributed by atoms with Crippen LogP contribution < -0.4 is 5.32 Å². The number of rotatable bonds is 4. The van der Waals surface area contributed by atoms with Crippen molar-refractivity contribution in [2.24, 2.45) is 5.92 Å². The summed E-state index contributed by atoms with van der Waals surface area (Å²) in [5.74, 6) is -1.05. The maximum atomic E-state index is 11.8. The van der Waals surface area contributed by atoms with Crippen molar-refractivity contribution in [3.05, 3.63) is 35.6 Å². The highest BCUT2D eigenvalue weighted by Gasteiger charge is 2.34. The number of ether oxygens (including phenoxy) is 2. The van der Waals surface area contributed by atoms with Crippen LogP contribution >= 0.6 is 0 Å². The Morgan fingerprint density at radius 2 is 2.21 bits per heavy atom. The summed E-state index contributed by atoms with van der Waals surface area (Å²) in [6.07, 6.45) is 7.32. The normalized spacial score (nSPS) is 24.8. The number of amides is 1. The summed E-state index contributed by atoms with van der Waals surface area (Å²) in [6, 6.07) is 0. The second-order valence-corrected chi connectivity index (χ2v) is 4.40. The van der Waals surface area contributed by atoms with Gasteiger partial charge in [-0.05, 0) is 18.1 Å². The molecular formula is C14H17NO4. The highest BCUT2D eigenvalue weighted by molar-refractivity contribution is 6.00. The Labute approximate surface area is 112 Å². The van der Waals surface area contributed by atoms with Crippen molar-refractivity contribution in [3.8, 4) is 0 Å². The first-order chi connectivity index (χ1) is 9.15. The first-order valence-electron chi connectivity index (χ1n) is 6.29. The quantitative estimate of drug-likeness (QED) is 0.609. The number of esters is 1. The van der Waals surface area contributed by atoms with Crippen LogP contribution in [0.1, 0.15) is 13.3 Å². The lowest BCUT2D eigenvalue weighted by Gasteiger charge is -2.27. The van der Waals surface area contributed by atoms with Gasteiger partial charge in [0.15, 0.2) is 5.92 Å². The predicted octanol–water partition coefficient (Wildman–Crippen LogP) is 1.08. The van der Waals surface area contributed by atoms with Crippen molar-refractivity contribution in [1.82, 2.24) is 5.32 Å². The second-order valence-electron chi connectivity index (χ2n) is 4.40. The Morgan fingerprint density at radius 3 is 2.89 bits per heavy atom. The van der Waals surface area contributed by atoms with Crippen molar-refractivity contribution in [1.29, 1.82) is 0 Å². The number of hydrogen-bond acceptors (Lipinski definition) is 4. The van der Waals surface area contributed by atoms with Gasteiger partial charge in [0, 0.05) is 12.6 Å². The van der Waals surface area contributed by atoms with Crippen molar-refractivity contribution in [2.45, 2.75) is 19.4 Å². The SMILES string of the molecule is CCCNC(=O)C1C=C2C=CC(OC)=CC2OC1=O. The number of nitrogens with one attached hydrogen (secondary N) is 1. The molecule has 0 aromatic heterocycles. The van der Waals surface area contributed by atoms with Crippen LogP contribution in [0.15, 0.2) is 35.6 Å². The lowest BCUT2D eigenvalue weighted by Crippen LogP contribution is -2.40. The van der Waals surface area contributed by atoms with E-state index >= 15 is 0 Å². The molecule has 19 heavy (non-hydrogen) atoms. The van der Waals surface area contributed by atoms with E-state index in [1.807, 2.05) is 6.92 Å². The van der Waals surface area contributed by atoms with Crippen molar-refractivity contribution >= 4 is 11.9 Å². The van der Waals surface area contributed by atoms with E-state index < -0.39 is 18.0 Å². The lowest BCUT2D eigenvalue weighted by molar-refractivity contribution is -0.153. The molecule has 1 heterocycles. The smallest absolute Gasteiger partial charge is 0.323 e. The Bertz CT molecular complexity index is 476. The first kappa shape index (κ1) is 13.4. The summed E-state index contributed by atoms with van der Waals surface area (Å²) in [7, 11) is 1.55. The zero-order valence-electron chi connectivity index (χ0n) is 11.0. The molecule has 2 atom stereocenters. The molecule has 2 aliphatic rings. The van der Waals surface area contributed by atoms with Crippen LogP contribution in [0.3, 0.4) is 0 Å². The fourth-order valence-electron chi connectivity index (χ4n) is 1.96. The highest BCUT2D eigenvalue weighted by Crippen LogP contribution is 2.26. The molecule has 0 aromatic rings. The van der Waals surface area contributed by atoms with E-state index in [1.165, 1.54) is 0 Å². The van der Waals surface area contributed by atoms with Crippen LogP contribution in [0.2, 0.25) is 0 Å². The van der Waals surface area contributed by atoms with Crippen molar-refractivity contribution in [3.63, 3.8) is 0 Å². The standard InChI is InChI=1S/C14H17NO4/c1-3-6-15-13(16)11-7-9-4-5-10(18-2)8-12(9)19-14(11)17/h4-5,7-8,11-12H,3,6H2,1-2H3,(H,15,16). The van der Waals surface area contributed by atoms with Crippen LogP contribution in [0.4, 0.5) is 0 Å². The van der Waals surface area contributed by atoms with Crippen LogP contribution in [-0.2, 0) is 19.1 Å². The minimum Gasteiger partial charge on any atom is -0.497 e. The maximum absolute atomic E-state index is 11.8. The average Bonchev–Trinajstić information content (AvgIpc) is 2.43. The van der Waals surface area contributed by atoms with Gasteiger partial charge >= 0.3 is 5.97 Å². The minimum atomic E-state index is -0.861. The van der Waals surface area contributed by atoms with Gasteiger partial charge in [0.25, 0.3) is 0 Å². The Morgan fingerprint density at radius 1 is 1.42 bits per heavy atom. The second kappa shape index (κ2) is 5.73. The summed E-state index contributed by atoms with van der Waals surface area (Å²) in [5, 5.41) is 2.70. The molecule has 2 rings (SSSR count). The summed E-state index contributed by atoms with van der Waals surface area (Å²) in [6.45, 7) is 2.51. The van der Waals surface area contributed by atoms with E-state index in [0.29, 0.717) is 12.3 Å². The molecule has 1 N–H and O–H groups in total. The molecule has 5 heteroatoms. The summed E-state index contributed by atoms with van der Waals surface area (Å²) in [5.41, 5.74) is 0.803. The fraction of sp³-hybridized carbons (Fsp3) is 0.429. The highest BCUT2D eigenvalue weighted by atomic mass is 16.5. The minimum absolute atomic E-state index is 0.312. The molecule has 102 valence electrons. The molecule has 0 spiro atoms. The molecular weight excluding hydrogens is 246 g/mol. The molecule has 0 saturated heterocycles. The van der Waals surface area contributed by atoms with Crippen LogP contribution in [0.5, 0.6) is 0 Å². The molecule has 1 aliphatic carbocycles. The zero-order chi connectivity index (χ0) is 13.8. The van der Waals surface area contributed by atoms with Gasteiger partial charge in [0.05, 0.1) is 7.11 Å². The monoisotopic (exact) mass is 263 g/mol. The van der Waals surface area contributed by atoms with Crippen molar-refractivity contribution in [2.75, 3.05) is 13.7 Å². The molecule has 2 unspecified atom stereocenters. The molecule has 0 aromatic carbocycles. The van der Waals surface area contributed by atoms with E-state index in [-0.39, 0.29) is 5.91 Å². The Hall–Kier alpha value is -2.04.